The predicted octanol–water partition coefficient (Wildman–Crippen LogP) is 0.508. The summed E-state index contributed by atoms with van der Waals surface area (Å²) in [4.78, 5) is 14.2. The Morgan fingerprint density at radius 2 is 2.15 bits per heavy atom. The van der Waals surface area contributed by atoms with Crippen molar-refractivity contribution in [2.24, 2.45) is 0 Å². The van der Waals surface area contributed by atoms with Crippen LogP contribution in [0.1, 0.15) is 11.1 Å². The third-order valence-electron chi connectivity index (χ3n) is 3.67. The van der Waals surface area contributed by atoms with Gasteiger partial charge >= 0.3 is 0 Å². The molecule has 2 rings (SSSR count). The minimum atomic E-state index is 0.000916. The average Bonchev–Trinajstić information content (AvgIpc) is 2.43. The maximum absolute atomic E-state index is 12.1. The van der Waals surface area contributed by atoms with Crippen molar-refractivity contribution in [2.75, 3.05) is 38.1 Å². The topological polar surface area (TPSA) is 64.6 Å². The van der Waals surface area contributed by atoms with Crippen LogP contribution in [0.2, 0.25) is 0 Å². The number of nitrogens with zero attached hydrogens (tertiary/aromatic N) is 1. The molecule has 5 heteroatoms. The normalized spacial score (nSPS) is 19.9. The second-order valence-electron chi connectivity index (χ2n) is 5.38. The fourth-order valence-corrected chi connectivity index (χ4v) is 2.55. The molecule has 0 aliphatic carbocycles. The van der Waals surface area contributed by atoms with E-state index in [1.54, 1.807) is 0 Å². The Hall–Kier alpha value is -1.43. The molecule has 1 aliphatic rings. The lowest BCUT2D eigenvalue weighted by Crippen LogP contribution is -2.53. The number of hydrogen-bond donors (Lipinski definition) is 3. The van der Waals surface area contributed by atoms with Crippen LogP contribution in [0.15, 0.2) is 18.2 Å². The molecule has 1 saturated heterocycles. The van der Waals surface area contributed by atoms with Crippen molar-refractivity contribution in [3.8, 4) is 0 Å². The highest BCUT2D eigenvalue weighted by Gasteiger charge is 2.20. The highest BCUT2D eigenvalue weighted by Crippen LogP contribution is 2.19. The molecule has 1 aromatic carbocycles. The molecule has 20 heavy (non-hydrogen) atoms. The van der Waals surface area contributed by atoms with Gasteiger partial charge in [-0.05, 0) is 25.0 Å². The zero-order chi connectivity index (χ0) is 14.5. The quantitative estimate of drug-likeness (QED) is 0.750. The summed E-state index contributed by atoms with van der Waals surface area (Å²) >= 11 is 0. The number of amides is 1. The standard InChI is InChI=1S/C15H23N3O2/c1-11-4-3-5-12(2)15(11)17-14(20)9-18-7-6-16-13(8-18)10-19/h3-5,13,16,19H,6-10H2,1-2H3,(H,17,20). The Bertz CT molecular complexity index is 456. The van der Waals surface area contributed by atoms with Gasteiger partial charge in [-0.1, -0.05) is 18.2 Å². The van der Waals surface area contributed by atoms with Gasteiger partial charge in [0.25, 0.3) is 0 Å². The minimum absolute atomic E-state index is 0.000916. The highest BCUT2D eigenvalue weighted by molar-refractivity contribution is 5.93. The molecule has 1 amide bonds. The molecule has 0 spiro atoms. The number of aryl methyl sites for hydroxylation is 2. The van der Waals surface area contributed by atoms with E-state index in [1.165, 1.54) is 0 Å². The Morgan fingerprint density at radius 1 is 1.45 bits per heavy atom. The molecule has 3 N–H and O–H groups in total. The fraction of sp³-hybridized carbons (Fsp3) is 0.533. The molecule has 0 bridgehead atoms. The van der Waals surface area contributed by atoms with Crippen LogP contribution in [-0.2, 0) is 4.79 Å². The molecule has 0 aromatic heterocycles. The second kappa shape index (κ2) is 6.83. The number of anilines is 1. The summed E-state index contributed by atoms with van der Waals surface area (Å²) in [6.07, 6.45) is 0. The number of aliphatic hydroxyl groups is 1. The Labute approximate surface area is 120 Å². The maximum Gasteiger partial charge on any atom is 0.238 e. The molecule has 1 fully saturated rings. The molecule has 0 radical (unpaired) electrons. The summed E-state index contributed by atoms with van der Waals surface area (Å²) in [6.45, 7) is 6.81. The molecule has 1 atom stereocenters. The summed E-state index contributed by atoms with van der Waals surface area (Å²) < 4.78 is 0. The first-order valence-corrected chi connectivity index (χ1v) is 7.03. The summed E-state index contributed by atoms with van der Waals surface area (Å²) in [7, 11) is 0. The number of nitrogens with one attached hydrogen (secondary N) is 2. The maximum atomic E-state index is 12.1. The smallest absolute Gasteiger partial charge is 0.238 e. The number of aliphatic hydroxyl groups excluding tert-OH is 1. The highest BCUT2D eigenvalue weighted by atomic mass is 16.3. The van der Waals surface area contributed by atoms with E-state index in [0.717, 1.165) is 29.9 Å². The fourth-order valence-electron chi connectivity index (χ4n) is 2.55. The SMILES string of the molecule is Cc1cccc(C)c1NC(=O)CN1CCNC(CO)C1. The van der Waals surface area contributed by atoms with E-state index in [9.17, 15) is 4.79 Å². The first kappa shape index (κ1) is 15.0. The van der Waals surface area contributed by atoms with Gasteiger partial charge in [0.05, 0.1) is 13.2 Å². The van der Waals surface area contributed by atoms with Crippen LogP contribution in [0.3, 0.4) is 0 Å². The van der Waals surface area contributed by atoms with Gasteiger partial charge in [0.2, 0.25) is 5.91 Å². The molecule has 110 valence electrons. The monoisotopic (exact) mass is 277 g/mol. The summed E-state index contributed by atoms with van der Waals surface area (Å²) in [5.41, 5.74) is 3.06. The van der Waals surface area contributed by atoms with Gasteiger partial charge in [0, 0.05) is 31.4 Å². The van der Waals surface area contributed by atoms with Gasteiger partial charge in [0.1, 0.15) is 0 Å². The van der Waals surface area contributed by atoms with Crippen molar-refractivity contribution >= 4 is 11.6 Å². The Morgan fingerprint density at radius 3 is 2.80 bits per heavy atom. The van der Waals surface area contributed by atoms with Crippen molar-refractivity contribution in [3.05, 3.63) is 29.3 Å². The summed E-state index contributed by atoms with van der Waals surface area (Å²) in [5, 5.41) is 15.4. The molecule has 1 heterocycles. The number of carbonyl (C=O) groups is 1. The lowest BCUT2D eigenvalue weighted by atomic mass is 10.1. The third kappa shape index (κ3) is 3.79. The van der Waals surface area contributed by atoms with Crippen LogP contribution in [0.25, 0.3) is 0 Å². The number of hydrogen-bond acceptors (Lipinski definition) is 4. The van der Waals surface area contributed by atoms with Crippen molar-refractivity contribution in [1.82, 2.24) is 10.2 Å². The van der Waals surface area contributed by atoms with Crippen molar-refractivity contribution in [3.63, 3.8) is 0 Å². The van der Waals surface area contributed by atoms with E-state index in [0.29, 0.717) is 13.1 Å². The molecular formula is C15H23N3O2. The van der Waals surface area contributed by atoms with Gasteiger partial charge in [-0.25, -0.2) is 0 Å². The Balaban J connectivity index is 1.92. The van der Waals surface area contributed by atoms with Crippen LogP contribution in [0, 0.1) is 13.8 Å². The van der Waals surface area contributed by atoms with Crippen molar-refractivity contribution in [2.45, 2.75) is 19.9 Å². The molecule has 1 aromatic rings. The van der Waals surface area contributed by atoms with E-state index < -0.39 is 0 Å². The van der Waals surface area contributed by atoms with Crippen LogP contribution < -0.4 is 10.6 Å². The Kier molecular flexibility index (Phi) is 5.11. The van der Waals surface area contributed by atoms with Gasteiger partial charge in [0.15, 0.2) is 0 Å². The van der Waals surface area contributed by atoms with Crippen LogP contribution in [-0.4, -0.2) is 54.7 Å². The first-order valence-electron chi connectivity index (χ1n) is 7.03. The second-order valence-corrected chi connectivity index (χ2v) is 5.38. The zero-order valence-electron chi connectivity index (χ0n) is 12.1. The van der Waals surface area contributed by atoms with Crippen LogP contribution >= 0.6 is 0 Å². The summed E-state index contributed by atoms with van der Waals surface area (Å²) in [5.74, 6) is 0.000916. The summed E-state index contributed by atoms with van der Waals surface area (Å²) in [6, 6.07) is 6.05. The largest absolute Gasteiger partial charge is 0.395 e. The molecule has 1 unspecified atom stereocenters. The van der Waals surface area contributed by atoms with E-state index in [-0.39, 0.29) is 18.6 Å². The van der Waals surface area contributed by atoms with Crippen molar-refractivity contribution in [1.29, 1.82) is 0 Å². The number of rotatable bonds is 4. The zero-order valence-corrected chi connectivity index (χ0v) is 12.1. The predicted molar refractivity (Wildman–Crippen MR) is 79.9 cm³/mol. The van der Waals surface area contributed by atoms with Gasteiger partial charge < -0.3 is 15.7 Å². The van der Waals surface area contributed by atoms with E-state index in [4.69, 9.17) is 5.11 Å². The lowest BCUT2D eigenvalue weighted by molar-refractivity contribution is -0.117. The molecule has 1 aliphatic heterocycles. The molecule has 0 saturated carbocycles. The third-order valence-corrected chi connectivity index (χ3v) is 3.67. The number of para-hydroxylation sites is 1. The van der Waals surface area contributed by atoms with Gasteiger partial charge in [-0.15, -0.1) is 0 Å². The lowest BCUT2D eigenvalue weighted by Gasteiger charge is -2.32. The number of benzene rings is 1. The van der Waals surface area contributed by atoms with E-state index in [1.807, 2.05) is 32.0 Å². The number of piperazine rings is 1. The first-order chi connectivity index (χ1) is 9.60. The van der Waals surface area contributed by atoms with Crippen molar-refractivity contribution < 1.29 is 9.90 Å². The van der Waals surface area contributed by atoms with Gasteiger partial charge in [-0.3, -0.25) is 9.69 Å². The molecule has 5 nitrogen and oxygen atoms in total. The van der Waals surface area contributed by atoms with Crippen LogP contribution in [0.4, 0.5) is 5.69 Å². The van der Waals surface area contributed by atoms with E-state index >= 15 is 0 Å². The molecular weight excluding hydrogens is 254 g/mol. The average molecular weight is 277 g/mol. The van der Waals surface area contributed by atoms with Gasteiger partial charge in [-0.2, -0.15) is 0 Å². The minimum Gasteiger partial charge on any atom is -0.395 e. The van der Waals surface area contributed by atoms with E-state index in [2.05, 4.69) is 15.5 Å². The van der Waals surface area contributed by atoms with Crippen LogP contribution in [0.5, 0.6) is 0 Å². The number of carbonyl (C=O) groups excluding carboxylic acids is 1.